The molecule has 1 unspecified atom stereocenters. The van der Waals surface area contributed by atoms with Crippen LogP contribution in [0.3, 0.4) is 0 Å². The molecule has 0 fully saturated rings. The highest BCUT2D eigenvalue weighted by atomic mass is 32.2. The van der Waals surface area contributed by atoms with Crippen LogP contribution in [0.4, 0.5) is 11.4 Å². The number of pyridine rings is 1. The van der Waals surface area contributed by atoms with Gasteiger partial charge in [-0.25, -0.2) is 4.98 Å². The summed E-state index contributed by atoms with van der Waals surface area (Å²) in [6.07, 6.45) is 1.61. The van der Waals surface area contributed by atoms with E-state index in [9.17, 15) is 9.59 Å². The first-order chi connectivity index (χ1) is 12.4. The minimum Gasteiger partial charge on any atom is -0.324 e. The summed E-state index contributed by atoms with van der Waals surface area (Å²) in [6, 6.07) is 7.17. The number of amides is 2. The number of fused-ring (bicyclic) bond motifs is 2. The Balaban J connectivity index is 1.60. The normalized spacial score (nSPS) is 16.3. The van der Waals surface area contributed by atoms with Gasteiger partial charge in [0.15, 0.2) is 5.65 Å². The zero-order chi connectivity index (χ0) is 18.4. The molecule has 7 nitrogen and oxygen atoms in total. The summed E-state index contributed by atoms with van der Waals surface area (Å²) in [5.74, 6) is -0.310. The summed E-state index contributed by atoms with van der Waals surface area (Å²) in [5.41, 5.74) is 3.37. The van der Waals surface area contributed by atoms with Crippen LogP contribution in [0.1, 0.15) is 23.0 Å². The van der Waals surface area contributed by atoms with Gasteiger partial charge in [0.05, 0.1) is 28.5 Å². The molecule has 2 amide bonds. The Labute approximate surface area is 154 Å². The minimum absolute atomic E-state index is 0.0539. The maximum absolute atomic E-state index is 12.6. The Hall–Kier alpha value is -2.87. The number of carbonyl (C=O) groups is 2. The highest BCUT2D eigenvalue weighted by molar-refractivity contribution is 8.00. The smallest absolute Gasteiger partial charge is 0.255 e. The molecule has 0 aliphatic carbocycles. The highest BCUT2D eigenvalue weighted by Crippen LogP contribution is 2.36. The maximum Gasteiger partial charge on any atom is 0.255 e. The fraction of sp³-hybridized carbons (Fsp3) is 0.222. The van der Waals surface area contributed by atoms with Gasteiger partial charge < -0.3 is 10.6 Å². The van der Waals surface area contributed by atoms with Gasteiger partial charge in [-0.3, -0.25) is 14.3 Å². The summed E-state index contributed by atoms with van der Waals surface area (Å²) in [6.45, 7) is 3.76. The van der Waals surface area contributed by atoms with Crippen molar-refractivity contribution in [3.63, 3.8) is 0 Å². The third kappa shape index (κ3) is 2.82. The molecule has 132 valence electrons. The van der Waals surface area contributed by atoms with E-state index in [-0.39, 0.29) is 17.1 Å². The van der Waals surface area contributed by atoms with Crippen LogP contribution in [-0.4, -0.2) is 31.8 Å². The number of aromatic nitrogens is 3. The van der Waals surface area contributed by atoms with Crippen LogP contribution in [0.15, 0.2) is 35.4 Å². The quantitative estimate of drug-likeness (QED) is 0.727. The Morgan fingerprint density at radius 1 is 1.35 bits per heavy atom. The first kappa shape index (κ1) is 16.6. The van der Waals surface area contributed by atoms with E-state index >= 15 is 0 Å². The molecule has 1 aliphatic rings. The number of hydrogen-bond donors (Lipinski definition) is 2. The van der Waals surface area contributed by atoms with Crippen molar-refractivity contribution in [2.75, 3.05) is 10.6 Å². The van der Waals surface area contributed by atoms with Crippen LogP contribution >= 0.6 is 11.8 Å². The molecule has 1 atom stereocenters. The van der Waals surface area contributed by atoms with Crippen LogP contribution in [0.2, 0.25) is 0 Å². The maximum atomic E-state index is 12.6. The zero-order valence-corrected chi connectivity index (χ0v) is 15.3. The topological polar surface area (TPSA) is 88.9 Å². The predicted octanol–water partition coefficient (Wildman–Crippen LogP) is 2.96. The van der Waals surface area contributed by atoms with Gasteiger partial charge in [0.2, 0.25) is 5.91 Å². The third-order valence-corrected chi connectivity index (χ3v) is 5.47. The number of hydrogen-bond acceptors (Lipinski definition) is 5. The monoisotopic (exact) mass is 367 g/mol. The Morgan fingerprint density at radius 3 is 2.96 bits per heavy atom. The highest BCUT2D eigenvalue weighted by Gasteiger charge is 2.23. The van der Waals surface area contributed by atoms with Crippen LogP contribution in [0.25, 0.3) is 11.0 Å². The molecule has 0 saturated carbocycles. The largest absolute Gasteiger partial charge is 0.324 e. The molecule has 26 heavy (non-hydrogen) atoms. The second-order valence-electron chi connectivity index (χ2n) is 6.22. The summed E-state index contributed by atoms with van der Waals surface area (Å²) >= 11 is 1.49. The van der Waals surface area contributed by atoms with E-state index in [1.165, 1.54) is 11.8 Å². The number of nitrogens with zero attached hydrogens (tertiary/aromatic N) is 3. The molecule has 1 aliphatic heterocycles. The molecular weight excluding hydrogens is 350 g/mol. The average molecular weight is 367 g/mol. The molecule has 1 aromatic carbocycles. The van der Waals surface area contributed by atoms with E-state index < -0.39 is 0 Å². The molecule has 0 spiro atoms. The molecule has 8 heteroatoms. The average Bonchev–Trinajstić information content (AvgIpc) is 2.89. The van der Waals surface area contributed by atoms with E-state index in [1.807, 2.05) is 33.0 Å². The summed E-state index contributed by atoms with van der Waals surface area (Å²) in [7, 11) is 1.83. The van der Waals surface area contributed by atoms with E-state index in [4.69, 9.17) is 0 Å². The number of benzene rings is 1. The van der Waals surface area contributed by atoms with E-state index in [0.717, 1.165) is 21.6 Å². The number of thioether (sulfide) groups is 1. The van der Waals surface area contributed by atoms with Crippen LogP contribution in [0.5, 0.6) is 0 Å². The third-order valence-electron chi connectivity index (χ3n) is 4.29. The van der Waals surface area contributed by atoms with Gasteiger partial charge >= 0.3 is 0 Å². The van der Waals surface area contributed by atoms with Crippen molar-refractivity contribution in [2.45, 2.75) is 24.0 Å². The van der Waals surface area contributed by atoms with Crippen molar-refractivity contribution in [1.82, 2.24) is 14.8 Å². The van der Waals surface area contributed by atoms with E-state index in [1.54, 1.807) is 23.0 Å². The van der Waals surface area contributed by atoms with Crippen molar-refractivity contribution >= 4 is 46.0 Å². The van der Waals surface area contributed by atoms with Gasteiger partial charge in [0, 0.05) is 22.9 Å². The van der Waals surface area contributed by atoms with Crippen molar-refractivity contribution in [3.8, 4) is 0 Å². The zero-order valence-electron chi connectivity index (χ0n) is 14.5. The van der Waals surface area contributed by atoms with Crippen molar-refractivity contribution in [3.05, 3.63) is 41.7 Å². The molecule has 0 radical (unpaired) electrons. The fourth-order valence-corrected chi connectivity index (χ4v) is 3.86. The lowest BCUT2D eigenvalue weighted by Crippen LogP contribution is -2.26. The molecule has 4 rings (SSSR count). The first-order valence-corrected chi connectivity index (χ1v) is 9.02. The van der Waals surface area contributed by atoms with Crippen molar-refractivity contribution in [2.24, 2.45) is 7.05 Å². The molecule has 0 saturated heterocycles. The minimum atomic E-state index is -0.256. The number of anilines is 2. The van der Waals surface area contributed by atoms with Gasteiger partial charge in [0.1, 0.15) is 0 Å². The van der Waals surface area contributed by atoms with Gasteiger partial charge in [0.25, 0.3) is 5.91 Å². The predicted molar refractivity (Wildman–Crippen MR) is 102 cm³/mol. The van der Waals surface area contributed by atoms with Gasteiger partial charge in [-0.05, 0) is 38.1 Å². The number of carbonyl (C=O) groups excluding carboxylic acids is 2. The van der Waals surface area contributed by atoms with Gasteiger partial charge in [-0.15, -0.1) is 11.8 Å². The molecule has 2 N–H and O–H groups in total. The van der Waals surface area contributed by atoms with E-state index in [2.05, 4.69) is 20.7 Å². The number of aryl methyl sites for hydroxylation is 2. The second kappa shape index (κ2) is 6.14. The summed E-state index contributed by atoms with van der Waals surface area (Å²) in [4.78, 5) is 29.8. The lowest BCUT2D eigenvalue weighted by Gasteiger charge is -2.21. The Kier molecular flexibility index (Phi) is 3.91. The SMILES string of the molecule is Cc1nn(C)c2ncc(NC(=O)c3ccc4c(c3)NC(=O)C(C)S4)cc12. The lowest BCUT2D eigenvalue weighted by molar-refractivity contribution is -0.115. The van der Waals surface area contributed by atoms with Gasteiger partial charge in [-0.2, -0.15) is 5.10 Å². The second-order valence-corrected chi connectivity index (χ2v) is 7.60. The van der Waals surface area contributed by atoms with Crippen molar-refractivity contribution < 1.29 is 9.59 Å². The summed E-state index contributed by atoms with van der Waals surface area (Å²) < 4.78 is 1.71. The van der Waals surface area contributed by atoms with Gasteiger partial charge in [-0.1, -0.05) is 0 Å². The Morgan fingerprint density at radius 2 is 2.15 bits per heavy atom. The summed E-state index contributed by atoms with van der Waals surface area (Å²) in [5, 5.41) is 10.8. The molecule has 3 aromatic rings. The number of rotatable bonds is 2. The lowest BCUT2D eigenvalue weighted by atomic mass is 10.1. The molecule has 3 heterocycles. The number of nitrogens with one attached hydrogen (secondary N) is 2. The molecule has 0 bridgehead atoms. The first-order valence-electron chi connectivity index (χ1n) is 8.14. The molecular formula is C18H17N5O2S. The van der Waals surface area contributed by atoms with Crippen LogP contribution in [0, 0.1) is 6.92 Å². The van der Waals surface area contributed by atoms with Crippen LogP contribution in [-0.2, 0) is 11.8 Å². The Bertz CT molecular complexity index is 1060. The van der Waals surface area contributed by atoms with Crippen LogP contribution < -0.4 is 10.6 Å². The fourth-order valence-electron chi connectivity index (χ4n) is 2.93. The standard InChI is InChI=1S/C18H17N5O2S/c1-9-13-7-12(8-19-16(13)23(3)22-9)20-18(25)11-4-5-15-14(6-11)21-17(24)10(2)26-15/h4-8,10H,1-3H3,(H,20,25)(H,21,24). The van der Waals surface area contributed by atoms with E-state index in [0.29, 0.717) is 16.9 Å². The molecule has 2 aromatic heterocycles. The van der Waals surface area contributed by atoms with Crippen molar-refractivity contribution in [1.29, 1.82) is 0 Å².